The van der Waals surface area contributed by atoms with Gasteiger partial charge in [-0.25, -0.2) is 4.98 Å². The summed E-state index contributed by atoms with van der Waals surface area (Å²) in [6.07, 6.45) is 9.83. The lowest BCUT2D eigenvalue weighted by Gasteiger charge is -2.32. The van der Waals surface area contributed by atoms with Gasteiger partial charge in [0.25, 0.3) is 5.91 Å². The molecule has 116 valence electrons. The van der Waals surface area contributed by atoms with Gasteiger partial charge >= 0.3 is 0 Å². The van der Waals surface area contributed by atoms with Crippen molar-refractivity contribution in [3.05, 3.63) is 48.5 Å². The Balaban J connectivity index is 1.60. The summed E-state index contributed by atoms with van der Waals surface area (Å²) in [4.78, 5) is 19.8. The first kappa shape index (κ1) is 15.2. The first-order valence-corrected chi connectivity index (χ1v) is 8.88. The van der Waals surface area contributed by atoms with Gasteiger partial charge in [-0.2, -0.15) is 0 Å². The second-order valence-electron chi connectivity index (χ2n) is 5.70. The molecule has 1 aliphatic rings. The van der Waals surface area contributed by atoms with E-state index < -0.39 is 0 Å². The van der Waals surface area contributed by atoms with Crippen molar-refractivity contribution in [1.29, 1.82) is 0 Å². The summed E-state index contributed by atoms with van der Waals surface area (Å²) in [5.74, 6) is 0.806. The van der Waals surface area contributed by atoms with E-state index >= 15 is 0 Å². The minimum atomic E-state index is 0.172. The monoisotopic (exact) mass is 315 g/mol. The van der Waals surface area contributed by atoms with Crippen molar-refractivity contribution in [2.45, 2.75) is 24.3 Å². The Labute approximate surface area is 135 Å². The molecular formula is C17H21N3OS. The molecule has 0 N–H and O–H groups in total. The highest BCUT2D eigenvalue weighted by atomic mass is 32.2. The molecule has 0 spiro atoms. The van der Waals surface area contributed by atoms with Crippen molar-refractivity contribution in [2.24, 2.45) is 5.92 Å². The fourth-order valence-electron chi connectivity index (χ4n) is 3.00. The van der Waals surface area contributed by atoms with Gasteiger partial charge in [0.1, 0.15) is 0 Å². The fraction of sp³-hybridized carbons (Fsp3) is 0.412. The molecule has 0 unspecified atom stereocenters. The smallest absolute Gasteiger partial charge is 0.254 e. The predicted octanol–water partition coefficient (Wildman–Crippen LogP) is 3.16. The summed E-state index contributed by atoms with van der Waals surface area (Å²) >= 11 is 1.63. The fourth-order valence-corrected chi connectivity index (χ4v) is 3.59. The summed E-state index contributed by atoms with van der Waals surface area (Å²) < 4.78 is 2.13. The van der Waals surface area contributed by atoms with Gasteiger partial charge in [-0.05, 0) is 37.1 Å². The Morgan fingerprint density at radius 1 is 1.32 bits per heavy atom. The van der Waals surface area contributed by atoms with Gasteiger partial charge in [0, 0.05) is 36.9 Å². The topological polar surface area (TPSA) is 38.1 Å². The standard InChI is InChI=1S/C17H21N3OS/c1-22-16-5-3-2-4-15(16)17(21)20-9-6-14(7-10-20)12-19-11-8-18-13-19/h2-5,8,11,13-14H,6-7,9-10,12H2,1H3. The van der Waals surface area contributed by atoms with Gasteiger partial charge in [-0.1, -0.05) is 12.1 Å². The molecule has 0 atom stereocenters. The molecule has 1 amide bonds. The van der Waals surface area contributed by atoms with Crippen LogP contribution in [-0.4, -0.2) is 39.7 Å². The van der Waals surface area contributed by atoms with Crippen LogP contribution in [0.1, 0.15) is 23.2 Å². The van der Waals surface area contributed by atoms with E-state index in [1.807, 2.05) is 54.1 Å². The van der Waals surface area contributed by atoms with Gasteiger partial charge in [0.05, 0.1) is 11.9 Å². The molecule has 0 aliphatic carbocycles. The second kappa shape index (κ2) is 7.01. The average Bonchev–Trinajstić information content (AvgIpc) is 3.08. The van der Waals surface area contributed by atoms with Crippen molar-refractivity contribution in [3.63, 3.8) is 0 Å². The molecule has 0 saturated carbocycles. The summed E-state index contributed by atoms with van der Waals surface area (Å²) in [7, 11) is 0. The van der Waals surface area contributed by atoms with E-state index in [4.69, 9.17) is 0 Å². The number of carbonyl (C=O) groups excluding carboxylic acids is 1. The predicted molar refractivity (Wildman–Crippen MR) is 89.1 cm³/mol. The van der Waals surface area contributed by atoms with Crippen LogP contribution in [0.15, 0.2) is 47.9 Å². The average molecular weight is 315 g/mol. The Hall–Kier alpha value is -1.75. The van der Waals surface area contributed by atoms with Crippen molar-refractivity contribution >= 4 is 17.7 Å². The molecule has 1 aromatic carbocycles. The number of amides is 1. The van der Waals surface area contributed by atoms with E-state index in [1.165, 1.54) is 0 Å². The molecule has 1 fully saturated rings. The van der Waals surface area contributed by atoms with Crippen LogP contribution in [0.25, 0.3) is 0 Å². The summed E-state index contributed by atoms with van der Waals surface area (Å²) in [5.41, 5.74) is 0.836. The molecule has 5 heteroatoms. The highest BCUT2D eigenvalue weighted by Gasteiger charge is 2.24. The quantitative estimate of drug-likeness (QED) is 0.814. The lowest BCUT2D eigenvalue weighted by molar-refractivity contribution is 0.0679. The van der Waals surface area contributed by atoms with E-state index in [-0.39, 0.29) is 5.91 Å². The minimum Gasteiger partial charge on any atom is -0.339 e. The maximum atomic E-state index is 12.7. The molecule has 0 radical (unpaired) electrons. The first-order valence-electron chi connectivity index (χ1n) is 7.66. The molecule has 2 aromatic rings. The van der Waals surface area contributed by atoms with Gasteiger partial charge in [-0.3, -0.25) is 4.79 Å². The molecule has 3 rings (SSSR count). The lowest BCUT2D eigenvalue weighted by atomic mass is 9.96. The van der Waals surface area contributed by atoms with Gasteiger partial charge in [0.15, 0.2) is 0 Å². The van der Waals surface area contributed by atoms with Crippen LogP contribution in [0.4, 0.5) is 0 Å². The number of aromatic nitrogens is 2. The van der Waals surface area contributed by atoms with Crippen LogP contribution in [0.5, 0.6) is 0 Å². The van der Waals surface area contributed by atoms with Gasteiger partial charge < -0.3 is 9.47 Å². The van der Waals surface area contributed by atoms with Crippen molar-refractivity contribution < 1.29 is 4.79 Å². The molecule has 4 nitrogen and oxygen atoms in total. The number of carbonyl (C=O) groups is 1. The number of likely N-dealkylation sites (tertiary alicyclic amines) is 1. The van der Waals surface area contributed by atoms with Crippen LogP contribution in [-0.2, 0) is 6.54 Å². The highest BCUT2D eigenvalue weighted by molar-refractivity contribution is 7.98. The van der Waals surface area contributed by atoms with Crippen LogP contribution in [0.2, 0.25) is 0 Å². The third kappa shape index (κ3) is 3.35. The van der Waals surface area contributed by atoms with E-state index in [1.54, 1.807) is 11.8 Å². The first-order chi connectivity index (χ1) is 10.8. The lowest BCUT2D eigenvalue weighted by Crippen LogP contribution is -2.39. The summed E-state index contributed by atoms with van der Waals surface area (Å²) in [6.45, 7) is 2.70. The number of rotatable bonds is 4. The Morgan fingerprint density at radius 2 is 2.09 bits per heavy atom. The number of benzene rings is 1. The zero-order chi connectivity index (χ0) is 15.4. The van der Waals surface area contributed by atoms with Crippen molar-refractivity contribution in [1.82, 2.24) is 14.5 Å². The maximum absolute atomic E-state index is 12.7. The summed E-state index contributed by atoms with van der Waals surface area (Å²) in [5, 5.41) is 0. The maximum Gasteiger partial charge on any atom is 0.254 e. The zero-order valence-electron chi connectivity index (χ0n) is 12.8. The normalized spacial score (nSPS) is 16.0. The van der Waals surface area contributed by atoms with E-state index in [0.29, 0.717) is 5.92 Å². The largest absolute Gasteiger partial charge is 0.339 e. The Bertz CT molecular complexity index is 619. The Morgan fingerprint density at radius 3 is 2.77 bits per heavy atom. The molecule has 1 saturated heterocycles. The van der Waals surface area contributed by atoms with Crippen LogP contribution in [0.3, 0.4) is 0 Å². The van der Waals surface area contributed by atoms with Crippen LogP contribution < -0.4 is 0 Å². The third-order valence-corrected chi connectivity index (χ3v) is 5.06. The van der Waals surface area contributed by atoms with E-state index in [9.17, 15) is 4.79 Å². The number of imidazole rings is 1. The third-order valence-electron chi connectivity index (χ3n) is 4.27. The van der Waals surface area contributed by atoms with E-state index in [0.717, 1.165) is 42.9 Å². The number of nitrogens with zero attached hydrogens (tertiary/aromatic N) is 3. The highest BCUT2D eigenvalue weighted by Crippen LogP contribution is 2.25. The molecule has 2 heterocycles. The Kier molecular flexibility index (Phi) is 4.83. The molecule has 22 heavy (non-hydrogen) atoms. The second-order valence-corrected chi connectivity index (χ2v) is 6.54. The molecule has 0 bridgehead atoms. The van der Waals surface area contributed by atoms with Crippen molar-refractivity contribution in [2.75, 3.05) is 19.3 Å². The molecular weight excluding hydrogens is 294 g/mol. The van der Waals surface area contributed by atoms with Crippen LogP contribution >= 0.6 is 11.8 Å². The minimum absolute atomic E-state index is 0.172. The zero-order valence-corrected chi connectivity index (χ0v) is 13.6. The van der Waals surface area contributed by atoms with Gasteiger partial charge in [-0.15, -0.1) is 11.8 Å². The van der Waals surface area contributed by atoms with Gasteiger partial charge in [0.2, 0.25) is 0 Å². The number of piperidine rings is 1. The number of hydrogen-bond donors (Lipinski definition) is 0. The molecule has 1 aromatic heterocycles. The summed E-state index contributed by atoms with van der Waals surface area (Å²) in [6, 6.07) is 7.88. The van der Waals surface area contributed by atoms with Crippen LogP contribution in [0, 0.1) is 5.92 Å². The number of hydrogen-bond acceptors (Lipinski definition) is 3. The van der Waals surface area contributed by atoms with E-state index in [2.05, 4.69) is 9.55 Å². The number of thioether (sulfide) groups is 1. The molecule has 1 aliphatic heterocycles. The van der Waals surface area contributed by atoms with Crippen molar-refractivity contribution in [3.8, 4) is 0 Å². The SMILES string of the molecule is CSc1ccccc1C(=O)N1CCC(Cn2ccnc2)CC1.